The molecular formula is C14H20Cl2N2. The second-order valence-corrected chi connectivity index (χ2v) is 6.17. The molecule has 1 saturated heterocycles. The molecule has 1 aromatic carbocycles. The van der Waals surface area contributed by atoms with Crippen molar-refractivity contribution in [3.05, 3.63) is 28.2 Å². The summed E-state index contributed by atoms with van der Waals surface area (Å²) in [7, 11) is 0. The van der Waals surface area contributed by atoms with Crippen molar-refractivity contribution in [1.82, 2.24) is 5.32 Å². The summed E-state index contributed by atoms with van der Waals surface area (Å²) >= 11 is 12.2. The maximum Gasteiger partial charge on any atom is 0.0654 e. The third kappa shape index (κ3) is 3.53. The number of halogens is 2. The first-order valence-corrected chi connectivity index (χ1v) is 7.25. The first-order valence-electron chi connectivity index (χ1n) is 6.49. The van der Waals surface area contributed by atoms with Gasteiger partial charge >= 0.3 is 0 Å². The summed E-state index contributed by atoms with van der Waals surface area (Å²) in [6, 6.07) is 6.29. The Labute approximate surface area is 119 Å². The highest BCUT2D eigenvalue weighted by molar-refractivity contribution is 6.36. The van der Waals surface area contributed by atoms with Crippen molar-refractivity contribution in [3.63, 3.8) is 0 Å². The highest BCUT2D eigenvalue weighted by Crippen LogP contribution is 2.29. The number of hydrogen-bond acceptors (Lipinski definition) is 2. The molecular weight excluding hydrogens is 267 g/mol. The molecule has 1 heterocycles. The van der Waals surface area contributed by atoms with Gasteiger partial charge in [-0.25, -0.2) is 0 Å². The van der Waals surface area contributed by atoms with Gasteiger partial charge in [-0.3, -0.25) is 0 Å². The molecule has 100 valence electrons. The number of hydrogen-bond donors (Lipinski definition) is 1. The van der Waals surface area contributed by atoms with Crippen LogP contribution in [0.2, 0.25) is 10.0 Å². The van der Waals surface area contributed by atoms with Gasteiger partial charge in [0.2, 0.25) is 0 Å². The lowest BCUT2D eigenvalue weighted by atomic mass is 10.0. The lowest BCUT2D eigenvalue weighted by Gasteiger charge is -2.36. The third-order valence-electron chi connectivity index (χ3n) is 3.26. The van der Waals surface area contributed by atoms with E-state index in [0.29, 0.717) is 17.0 Å². The molecule has 0 amide bonds. The van der Waals surface area contributed by atoms with Crippen LogP contribution in [0.4, 0.5) is 5.69 Å². The predicted molar refractivity (Wildman–Crippen MR) is 79.9 cm³/mol. The van der Waals surface area contributed by atoms with Crippen molar-refractivity contribution in [2.24, 2.45) is 5.92 Å². The SMILES string of the molecule is CC(C)CC1CN(c2ccc(Cl)cc2Cl)CCN1. The summed E-state index contributed by atoms with van der Waals surface area (Å²) in [6.45, 7) is 7.54. The normalized spacial score (nSPS) is 20.5. The summed E-state index contributed by atoms with van der Waals surface area (Å²) in [5.41, 5.74) is 1.09. The van der Waals surface area contributed by atoms with Crippen molar-refractivity contribution < 1.29 is 0 Å². The van der Waals surface area contributed by atoms with E-state index in [1.807, 2.05) is 18.2 Å². The second-order valence-electron chi connectivity index (χ2n) is 5.32. The van der Waals surface area contributed by atoms with Gasteiger partial charge in [0.05, 0.1) is 10.7 Å². The van der Waals surface area contributed by atoms with Gasteiger partial charge < -0.3 is 10.2 Å². The van der Waals surface area contributed by atoms with E-state index in [-0.39, 0.29) is 0 Å². The third-order valence-corrected chi connectivity index (χ3v) is 3.80. The highest BCUT2D eigenvalue weighted by Gasteiger charge is 2.21. The molecule has 1 aliphatic rings. The van der Waals surface area contributed by atoms with Crippen molar-refractivity contribution in [3.8, 4) is 0 Å². The lowest BCUT2D eigenvalue weighted by Crippen LogP contribution is -2.51. The summed E-state index contributed by atoms with van der Waals surface area (Å²) < 4.78 is 0. The second kappa shape index (κ2) is 6.14. The number of rotatable bonds is 3. The fourth-order valence-corrected chi connectivity index (χ4v) is 3.04. The number of benzene rings is 1. The summed E-state index contributed by atoms with van der Waals surface area (Å²) in [4.78, 5) is 2.35. The van der Waals surface area contributed by atoms with E-state index in [1.165, 1.54) is 6.42 Å². The molecule has 4 heteroatoms. The van der Waals surface area contributed by atoms with Gasteiger partial charge in [-0.1, -0.05) is 37.0 Å². The zero-order valence-corrected chi connectivity index (χ0v) is 12.4. The van der Waals surface area contributed by atoms with Crippen molar-refractivity contribution >= 4 is 28.9 Å². The minimum Gasteiger partial charge on any atom is -0.367 e. The summed E-state index contributed by atoms with van der Waals surface area (Å²) in [6.07, 6.45) is 1.20. The Kier molecular flexibility index (Phi) is 4.77. The van der Waals surface area contributed by atoms with E-state index in [9.17, 15) is 0 Å². The molecule has 1 unspecified atom stereocenters. The Bertz CT molecular complexity index is 407. The first-order chi connectivity index (χ1) is 8.56. The molecule has 1 N–H and O–H groups in total. The molecule has 1 atom stereocenters. The molecule has 2 nitrogen and oxygen atoms in total. The largest absolute Gasteiger partial charge is 0.367 e. The number of nitrogens with zero attached hydrogens (tertiary/aromatic N) is 1. The Hall–Kier alpha value is -0.440. The lowest BCUT2D eigenvalue weighted by molar-refractivity contribution is 0.388. The van der Waals surface area contributed by atoms with Crippen LogP contribution in [0.15, 0.2) is 18.2 Å². The van der Waals surface area contributed by atoms with Crippen LogP contribution in [0.5, 0.6) is 0 Å². The van der Waals surface area contributed by atoms with Gasteiger partial charge in [0.15, 0.2) is 0 Å². The average Bonchev–Trinajstić information content (AvgIpc) is 2.28. The van der Waals surface area contributed by atoms with Gasteiger partial charge in [-0.15, -0.1) is 0 Å². The quantitative estimate of drug-likeness (QED) is 0.909. The molecule has 18 heavy (non-hydrogen) atoms. The van der Waals surface area contributed by atoms with Gasteiger partial charge in [0, 0.05) is 30.7 Å². The van der Waals surface area contributed by atoms with E-state index in [2.05, 4.69) is 24.1 Å². The van der Waals surface area contributed by atoms with E-state index in [4.69, 9.17) is 23.2 Å². The standard InChI is InChI=1S/C14H20Cl2N2/c1-10(2)7-12-9-18(6-5-17-12)14-4-3-11(15)8-13(14)16/h3-4,8,10,12,17H,5-7,9H2,1-2H3. The molecule has 1 aliphatic heterocycles. The van der Waals surface area contributed by atoms with E-state index >= 15 is 0 Å². The molecule has 0 bridgehead atoms. The molecule has 1 aromatic rings. The van der Waals surface area contributed by atoms with Gasteiger partial charge in [-0.05, 0) is 30.5 Å². The smallest absolute Gasteiger partial charge is 0.0654 e. The Morgan fingerprint density at radius 3 is 2.83 bits per heavy atom. The fraction of sp³-hybridized carbons (Fsp3) is 0.571. The maximum atomic E-state index is 6.27. The van der Waals surface area contributed by atoms with Crippen LogP contribution >= 0.6 is 23.2 Å². The zero-order valence-electron chi connectivity index (χ0n) is 10.9. The number of piperazine rings is 1. The first kappa shape index (κ1) is 14.0. The van der Waals surface area contributed by atoms with Crippen molar-refractivity contribution in [2.45, 2.75) is 26.3 Å². The van der Waals surface area contributed by atoms with Crippen LogP contribution in [0, 0.1) is 5.92 Å². The fourth-order valence-electron chi connectivity index (χ4n) is 2.51. The average molecular weight is 287 g/mol. The van der Waals surface area contributed by atoms with Crippen LogP contribution in [-0.2, 0) is 0 Å². The molecule has 2 rings (SSSR count). The summed E-state index contributed by atoms with van der Waals surface area (Å²) in [5, 5.41) is 5.01. The van der Waals surface area contributed by atoms with Gasteiger partial charge in [-0.2, -0.15) is 0 Å². The van der Waals surface area contributed by atoms with Crippen LogP contribution in [0.3, 0.4) is 0 Å². The summed E-state index contributed by atoms with van der Waals surface area (Å²) in [5.74, 6) is 0.711. The molecule has 0 spiro atoms. The van der Waals surface area contributed by atoms with Crippen molar-refractivity contribution in [1.29, 1.82) is 0 Å². The van der Waals surface area contributed by atoms with E-state index < -0.39 is 0 Å². The number of anilines is 1. The minimum atomic E-state index is 0.547. The van der Waals surface area contributed by atoms with Crippen LogP contribution in [0.1, 0.15) is 20.3 Å². The minimum absolute atomic E-state index is 0.547. The molecule has 0 radical (unpaired) electrons. The maximum absolute atomic E-state index is 6.27. The van der Waals surface area contributed by atoms with Gasteiger partial charge in [0.1, 0.15) is 0 Å². The molecule has 0 aromatic heterocycles. The number of nitrogens with one attached hydrogen (secondary N) is 1. The van der Waals surface area contributed by atoms with Gasteiger partial charge in [0.25, 0.3) is 0 Å². The van der Waals surface area contributed by atoms with Crippen LogP contribution in [-0.4, -0.2) is 25.7 Å². The molecule has 1 fully saturated rings. The van der Waals surface area contributed by atoms with Crippen LogP contribution < -0.4 is 10.2 Å². The van der Waals surface area contributed by atoms with E-state index in [0.717, 1.165) is 30.3 Å². The topological polar surface area (TPSA) is 15.3 Å². The highest BCUT2D eigenvalue weighted by atomic mass is 35.5. The molecule has 0 aliphatic carbocycles. The van der Waals surface area contributed by atoms with Crippen molar-refractivity contribution in [2.75, 3.05) is 24.5 Å². The Morgan fingerprint density at radius 1 is 1.39 bits per heavy atom. The predicted octanol–water partition coefficient (Wildman–Crippen LogP) is 3.82. The zero-order chi connectivity index (χ0) is 13.1. The van der Waals surface area contributed by atoms with E-state index in [1.54, 1.807) is 0 Å². The monoisotopic (exact) mass is 286 g/mol. The van der Waals surface area contributed by atoms with Crippen LogP contribution in [0.25, 0.3) is 0 Å². The molecule has 0 saturated carbocycles. The Morgan fingerprint density at radius 2 is 2.17 bits per heavy atom. The Balaban J connectivity index is 2.08.